The van der Waals surface area contributed by atoms with Crippen molar-refractivity contribution in [2.75, 3.05) is 11.9 Å². The summed E-state index contributed by atoms with van der Waals surface area (Å²) in [5.74, 6) is 0.384. The quantitative estimate of drug-likeness (QED) is 0.223. The molecule has 0 saturated heterocycles. The zero-order valence-electron chi connectivity index (χ0n) is 17.5. The summed E-state index contributed by atoms with van der Waals surface area (Å²) in [6.07, 6.45) is 1.19. The van der Waals surface area contributed by atoms with Crippen LogP contribution in [-0.4, -0.2) is 30.7 Å². The number of amides is 2. The van der Waals surface area contributed by atoms with Crippen LogP contribution in [0.4, 0.5) is 5.69 Å². The van der Waals surface area contributed by atoms with Crippen LogP contribution in [0.1, 0.15) is 38.3 Å². The Morgan fingerprint density at radius 2 is 1.87 bits per heavy atom. The summed E-state index contributed by atoms with van der Waals surface area (Å²) < 4.78 is 12.4. The lowest BCUT2D eigenvalue weighted by Gasteiger charge is -2.16. The van der Waals surface area contributed by atoms with Gasteiger partial charge in [0.1, 0.15) is 6.42 Å². The highest BCUT2D eigenvalue weighted by Gasteiger charge is 2.13. The lowest BCUT2D eigenvalue weighted by molar-refractivity contribution is -0.126. The van der Waals surface area contributed by atoms with Gasteiger partial charge in [-0.05, 0) is 80.1 Å². The SMILES string of the molecule is CCOc1cc(C=NNC(=O)CC(=O)Nc2ccc(C)cc2)cc(I)c1OC(C)C. The average molecular weight is 523 g/mol. The molecule has 2 aromatic carbocycles. The van der Waals surface area contributed by atoms with Crippen molar-refractivity contribution in [2.24, 2.45) is 5.10 Å². The molecule has 0 spiro atoms. The van der Waals surface area contributed by atoms with Crippen LogP contribution in [0, 0.1) is 10.5 Å². The van der Waals surface area contributed by atoms with Crippen molar-refractivity contribution in [1.29, 1.82) is 0 Å². The van der Waals surface area contributed by atoms with Gasteiger partial charge in [0.15, 0.2) is 11.5 Å². The van der Waals surface area contributed by atoms with Gasteiger partial charge in [0, 0.05) is 5.69 Å². The van der Waals surface area contributed by atoms with E-state index in [-0.39, 0.29) is 12.5 Å². The van der Waals surface area contributed by atoms with Gasteiger partial charge in [-0.25, -0.2) is 5.43 Å². The summed E-state index contributed by atoms with van der Waals surface area (Å²) in [7, 11) is 0. The van der Waals surface area contributed by atoms with Gasteiger partial charge < -0.3 is 14.8 Å². The minimum atomic E-state index is -0.504. The van der Waals surface area contributed by atoms with Crippen LogP contribution in [0.15, 0.2) is 41.5 Å². The van der Waals surface area contributed by atoms with Gasteiger partial charge >= 0.3 is 0 Å². The van der Waals surface area contributed by atoms with Crippen molar-refractivity contribution in [2.45, 2.75) is 40.2 Å². The Hall–Kier alpha value is -2.62. The highest BCUT2D eigenvalue weighted by Crippen LogP contribution is 2.34. The van der Waals surface area contributed by atoms with E-state index in [0.29, 0.717) is 23.8 Å². The van der Waals surface area contributed by atoms with E-state index in [1.165, 1.54) is 6.21 Å². The lowest BCUT2D eigenvalue weighted by atomic mass is 10.2. The molecule has 0 aromatic heterocycles. The number of carbonyl (C=O) groups excluding carboxylic acids is 2. The maximum atomic E-state index is 12.0. The normalized spacial score (nSPS) is 10.9. The molecule has 0 bridgehead atoms. The second-order valence-electron chi connectivity index (χ2n) is 6.81. The highest BCUT2D eigenvalue weighted by atomic mass is 127. The number of rotatable bonds is 9. The summed E-state index contributed by atoms with van der Waals surface area (Å²) in [6, 6.07) is 11.0. The monoisotopic (exact) mass is 523 g/mol. The Bertz CT molecular complexity index is 911. The van der Waals surface area contributed by atoms with Gasteiger partial charge in [-0.15, -0.1) is 0 Å². The van der Waals surface area contributed by atoms with Gasteiger partial charge in [-0.2, -0.15) is 5.10 Å². The third-order valence-electron chi connectivity index (χ3n) is 3.74. The molecule has 0 saturated carbocycles. The fourth-order valence-electron chi connectivity index (χ4n) is 2.48. The van der Waals surface area contributed by atoms with Crippen LogP contribution >= 0.6 is 22.6 Å². The van der Waals surface area contributed by atoms with Crippen LogP contribution in [0.5, 0.6) is 11.5 Å². The number of hydrazone groups is 1. The van der Waals surface area contributed by atoms with Crippen molar-refractivity contribution in [3.05, 3.63) is 51.1 Å². The first-order chi connectivity index (χ1) is 14.3. The number of carbonyl (C=O) groups is 2. The van der Waals surface area contributed by atoms with Crippen LogP contribution in [-0.2, 0) is 9.59 Å². The number of aryl methyl sites for hydroxylation is 1. The zero-order valence-corrected chi connectivity index (χ0v) is 19.6. The second kappa shape index (κ2) is 11.5. The van der Waals surface area contributed by atoms with E-state index >= 15 is 0 Å². The Kier molecular flexibility index (Phi) is 9.10. The van der Waals surface area contributed by atoms with Gasteiger partial charge in [-0.3, -0.25) is 9.59 Å². The van der Waals surface area contributed by atoms with E-state index in [2.05, 4.69) is 38.4 Å². The van der Waals surface area contributed by atoms with Crippen molar-refractivity contribution in [1.82, 2.24) is 5.43 Å². The number of nitrogens with one attached hydrogen (secondary N) is 2. The topological polar surface area (TPSA) is 89.0 Å². The molecule has 0 fully saturated rings. The number of hydrogen-bond acceptors (Lipinski definition) is 5. The van der Waals surface area contributed by atoms with Crippen LogP contribution in [0.2, 0.25) is 0 Å². The minimum absolute atomic E-state index is 0.0163. The Labute approximate surface area is 190 Å². The van der Waals surface area contributed by atoms with Gasteiger partial charge in [0.25, 0.3) is 0 Å². The molecular weight excluding hydrogens is 497 g/mol. The Morgan fingerprint density at radius 3 is 2.50 bits per heavy atom. The summed E-state index contributed by atoms with van der Waals surface area (Å²) >= 11 is 2.17. The molecule has 2 amide bonds. The summed E-state index contributed by atoms with van der Waals surface area (Å²) in [5.41, 5.74) is 4.84. The first kappa shape index (κ1) is 23.7. The van der Waals surface area contributed by atoms with Crippen molar-refractivity contribution >= 4 is 46.3 Å². The molecule has 2 rings (SSSR count). The Balaban J connectivity index is 1.95. The minimum Gasteiger partial charge on any atom is -0.490 e. The number of halogens is 1. The number of benzene rings is 2. The van der Waals surface area contributed by atoms with Crippen molar-refractivity contribution in [3.8, 4) is 11.5 Å². The van der Waals surface area contributed by atoms with Crippen LogP contribution < -0.4 is 20.2 Å². The van der Waals surface area contributed by atoms with E-state index in [9.17, 15) is 9.59 Å². The van der Waals surface area contributed by atoms with Gasteiger partial charge in [0.05, 0.1) is 22.5 Å². The fraction of sp³-hybridized carbons (Fsp3) is 0.318. The number of ether oxygens (including phenoxy) is 2. The van der Waals surface area contributed by atoms with E-state index in [0.717, 1.165) is 14.7 Å². The molecule has 30 heavy (non-hydrogen) atoms. The summed E-state index contributed by atoms with van der Waals surface area (Å²) in [4.78, 5) is 23.9. The molecule has 0 aliphatic rings. The molecule has 0 heterocycles. The molecule has 0 aliphatic heterocycles. The van der Waals surface area contributed by atoms with Crippen LogP contribution in [0.25, 0.3) is 0 Å². The average Bonchev–Trinajstić information content (AvgIpc) is 2.66. The number of hydrogen-bond donors (Lipinski definition) is 2. The van der Waals surface area contributed by atoms with Gasteiger partial charge in [-0.1, -0.05) is 17.7 Å². The number of anilines is 1. The maximum absolute atomic E-state index is 12.0. The maximum Gasteiger partial charge on any atom is 0.249 e. The predicted octanol–water partition coefficient (Wildman–Crippen LogP) is 4.26. The lowest BCUT2D eigenvalue weighted by Crippen LogP contribution is -2.24. The van der Waals surface area contributed by atoms with E-state index in [1.54, 1.807) is 18.2 Å². The molecule has 0 aliphatic carbocycles. The van der Waals surface area contributed by atoms with Gasteiger partial charge in [0.2, 0.25) is 11.8 Å². The summed E-state index contributed by atoms with van der Waals surface area (Å²) in [5, 5.41) is 6.62. The largest absolute Gasteiger partial charge is 0.490 e. The highest BCUT2D eigenvalue weighted by molar-refractivity contribution is 14.1. The van der Waals surface area contributed by atoms with Crippen molar-refractivity contribution < 1.29 is 19.1 Å². The molecule has 2 aromatic rings. The first-order valence-electron chi connectivity index (χ1n) is 9.60. The number of nitrogens with zero attached hydrogens (tertiary/aromatic N) is 1. The van der Waals surface area contributed by atoms with E-state index in [1.807, 2.05) is 45.9 Å². The smallest absolute Gasteiger partial charge is 0.249 e. The van der Waals surface area contributed by atoms with E-state index in [4.69, 9.17) is 9.47 Å². The molecule has 2 N–H and O–H groups in total. The molecule has 8 heteroatoms. The van der Waals surface area contributed by atoms with Crippen molar-refractivity contribution in [3.63, 3.8) is 0 Å². The summed E-state index contributed by atoms with van der Waals surface area (Å²) in [6.45, 7) is 8.25. The molecular formula is C22H26IN3O4. The van der Waals surface area contributed by atoms with Crippen LogP contribution in [0.3, 0.4) is 0 Å². The standard InChI is InChI=1S/C22H26IN3O4/c1-5-29-19-11-16(10-18(23)22(19)30-14(2)3)13-24-26-21(28)12-20(27)25-17-8-6-15(4)7-9-17/h6-11,13-14H,5,12H2,1-4H3,(H,25,27)(H,26,28). The molecule has 0 radical (unpaired) electrons. The molecule has 7 nitrogen and oxygen atoms in total. The third kappa shape index (κ3) is 7.66. The van der Waals surface area contributed by atoms with E-state index < -0.39 is 11.8 Å². The molecule has 160 valence electrons. The first-order valence-corrected chi connectivity index (χ1v) is 10.7. The predicted molar refractivity (Wildman–Crippen MR) is 126 cm³/mol. The zero-order chi connectivity index (χ0) is 22.1. The molecule has 0 unspecified atom stereocenters. The second-order valence-corrected chi connectivity index (χ2v) is 7.98. The molecule has 0 atom stereocenters. The Morgan fingerprint density at radius 1 is 1.17 bits per heavy atom. The fourth-order valence-corrected chi connectivity index (χ4v) is 3.23. The third-order valence-corrected chi connectivity index (χ3v) is 4.55.